The first kappa shape index (κ1) is 13.9. The maximum absolute atomic E-state index is 8.85. The van der Waals surface area contributed by atoms with Crippen LogP contribution < -0.4 is 4.74 Å². The van der Waals surface area contributed by atoms with E-state index in [9.17, 15) is 0 Å². The van der Waals surface area contributed by atoms with Crippen LogP contribution in [0.25, 0.3) is 0 Å². The number of piperidine rings is 1. The summed E-state index contributed by atoms with van der Waals surface area (Å²) in [6.07, 6.45) is 3.07. The van der Waals surface area contributed by atoms with Crippen molar-refractivity contribution in [2.45, 2.75) is 26.2 Å². The van der Waals surface area contributed by atoms with Gasteiger partial charge >= 0.3 is 0 Å². The molecule has 0 bridgehead atoms. The van der Waals surface area contributed by atoms with E-state index < -0.39 is 0 Å². The van der Waals surface area contributed by atoms with E-state index in [4.69, 9.17) is 10.00 Å². The molecule has 102 valence electrons. The Morgan fingerprint density at radius 2 is 1.95 bits per heavy atom. The summed E-state index contributed by atoms with van der Waals surface area (Å²) in [5, 5.41) is 8.85. The fraction of sp³-hybridized carbons (Fsp3) is 0.562. The molecule has 0 spiro atoms. The molecule has 0 atom stereocenters. The van der Waals surface area contributed by atoms with Crippen molar-refractivity contribution in [2.24, 2.45) is 5.92 Å². The fourth-order valence-corrected chi connectivity index (χ4v) is 2.40. The number of benzene rings is 1. The van der Waals surface area contributed by atoms with Crippen LogP contribution in [0.1, 0.15) is 25.3 Å². The molecule has 0 N–H and O–H groups in total. The molecule has 1 heterocycles. The minimum absolute atomic E-state index is 0.263. The van der Waals surface area contributed by atoms with Gasteiger partial charge in [0.25, 0.3) is 0 Å². The van der Waals surface area contributed by atoms with Crippen LogP contribution in [-0.2, 0) is 6.42 Å². The van der Waals surface area contributed by atoms with E-state index in [0.717, 1.165) is 51.3 Å². The van der Waals surface area contributed by atoms with Crippen LogP contribution in [0.2, 0.25) is 0 Å². The summed E-state index contributed by atoms with van der Waals surface area (Å²) in [5.74, 6) is 1.21. The van der Waals surface area contributed by atoms with Crippen LogP contribution in [0.15, 0.2) is 24.3 Å². The van der Waals surface area contributed by atoms with Gasteiger partial charge in [-0.25, -0.2) is 0 Å². The standard InChI is InChI=1S/C16H22N2O/c1-2-14-3-5-16(6-4-14)19-12-11-18-9-7-15(13-17)8-10-18/h3-6,15H,2,7-12H2,1H3. The van der Waals surface area contributed by atoms with Crippen molar-refractivity contribution in [1.82, 2.24) is 4.90 Å². The molecular formula is C16H22N2O. The first-order chi connectivity index (χ1) is 9.31. The van der Waals surface area contributed by atoms with Crippen LogP contribution in [0, 0.1) is 17.2 Å². The van der Waals surface area contributed by atoms with Gasteiger partial charge in [-0.15, -0.1) is 0 Å². The number of ether oxygens (including phenoxy) is 1. The molecule has 3 nitrogen and oxygen atoms in total. The maximum Gasteiger partial charge on any atom is 0.119 e. The average Bonchev–Trinajstić information content (AvgIpc) is 2.49. The molecule has 1 saturated heterocycles. The molecule has 0 unspecified atom stereocenters. The Hall–Kier alpha value is -1.53. The number of hydrogen-bond acceptors (Lipinski definition) is 3. The lowest BCUT2D eigenvalue weighted by Gasteiger charge is -2.28. The highest BCUT2D eigenvalue weighted by Crippen LogP contribution is 2.16. The van der Waals surface area contributed by atoms with Crippen molar-refractivity contribution >= 4 is 0 Å². The van der Waals surface area contributed by atoms with Gasteiger partial charge in [-0.1, -0.05) is 19.1 Å². The van der Waals surface area contributed by atoms with Crippen LogP contribution in [0.4, 0.5) is 0 Å². The van der Waals surface area contributed by atoms with E-state index in [1.165, 1.54) is 5.56 Å². The smallest absolute Gasteiger partial charge is 0.119 e. The van der Waals surface area contributed by atoms with Crippen LogP contribution in [-0.4, -0.2) is 31.1 Å². The molecule has 0 aliphatic carbocycles. The van der Waals surface area contributed by atoms with Gasteiger partial charge in [0.05, 0.1) is 6.07 Å². The second kappa shape index (κ2) is 7.16. The SMILES string of the molecule is CCc1ccc(OCCN2CCC(C#N)CC2)cc1. The topological polar surface area (TPSA) is 36.3 Å². The Kier molecular flexibility index (Phi) is 5.23. The van der Waals surface area contributed by atoms with Gasteiger partial charge in [0.2, 0.25) is 0 Å². The molecule has 0 saturated carbocycles. The van der Waals surface area contributed by atoms with Gasteiger partial charge in [-0.3, -0.25) is 4.90 Å². The molecule has 19 heavy (non-hydrogen) atoms. The predicted molar refractivity (Wildman–Crippen MR) is 76.1 cm³/mol. The Morgan fingerprint density at radius 1 is 1.26 bits per heavy atom. The Labute approximate surface area is 115 Å². The highest BCUT2D eigenvalue weighted by Gasteiger charge is 2.18. The number of likely N-dealkylation sites (tertiary alicyclic amines) is 1. The normalized spacial score (nSPS) is 17.1. The quantitative estimate of drug-likeness (QED) is 0.815. The van der Waals surface area contributed by atoms with Crippen molar-refractivity contribution in [2.75, 3.05) is 26.2 Å². The van der Waals surface area contributed by atoms with Crippen molar-refractivity contribution in [3.05, 3.63) is 29.8 Å². The lowest BCUT2D eigenvalue weighted by atomic mass is 9.99. The number of nitrogens with zero attached hydrogens (tertiary/aromatic N) is 2. The molecule has 0 amide bonds. The summed E-state index contributed by atoms with van der Waals surface area (Å²) in [6.45, 7) is 5.88. The first-order valence-electron chi connectivity index (χ1n) is 7.15. The van der Waals surface area contributed by atoms with Crippen molar-refractivity contribution < 1.29 is 4.74 Å². The second-order valence-electron chi connectivity index (χ2n) is 5.09. The number of nitriles is 1. The van der Waals surface area contributed by atoms with Gasteiger partial charge in [-0.2, -0.15) is 5.26 Å². The highest BCUT2D eigenvalue weighted by molar-refractivity contribution is 5.27. The first-order valence-corrected chi connectivity index (χ1v) is 7.15. The van der Waals surface area contributed by atoms with Crippen molar-refractivity contribution in [1.29, 1.82) is 5.26 Å². The molecule has 1 aliphatic rings. The Morgan fingerprint density at radius 3 is 2.53 bits per heavy atom. The van der Waals surface area contributed by atoms with Crippen molar-refractivity contribution in [3.63, 3.8) is 0 Å². The molecule has 0 aromatic heterocycles. The third-order valence-corrected chi connectivity index (χ3v) is 3.78. The summed E-state index contributed by atoms with van der Waals surface area (Å²) in [4.78, 5) is 2.38. The van der Waals surface area contributed by atoms with E-state index in [2.05, 4.69) is 30.0 Å². The Bertz CT molecular complexity index is 413. The molecule has 1 aromatic rings. The molecule has 2 rings (SSSR count). The largest absolute Gasteiger partial charge is 0.492 e. The minimum Gasteiger partial charge on any atom is -0.492 e. The molecule has 1 fully saturated rings. The van der Waals surface area contributed by atoms with E-state index in [0.29, 0.717) is 0 Å². The number of hydrogen-bond donors (Lipinski definition) is 0. The Balaban J connectivity index is 1.67. The zero-order chi connectivity index (χ0) is 13.5. The molecular weight excluding hydrogens is 236 g/mol. The molecule has 1 aliphatic heterocycles. The third-order valence-electron chi connectivity index (χ3n) is 3.78. The lowest BCUT2D eigenvalue weighted by Crippen LogP contribution is -2.36. The van der Waals surface area contributed by atoms with Crippen molar-refractivity contribution in [3.8, 4) is 11.8 Å². The average molecular weight is 258 g/mol. The van der Waals surface area contributed by atoms with E-state index >= 15 is 0 Å². The summed E-state index contributed by atoms with van der Waals surface area (Å²) >= 11 is 0. The highest BCUT2D eigenvalue weighted by atomic mass is 16.5. The van der Waals surface area contributed by atoms with E-state index in [1.54, 1.807) is 0 Å². The van der Waals surface area contributed by atoms with Gasteiger partial charge in [-0.05, 0) is 50.0 Å². The van der Waals surface area contributed by atoms with Crippen LogP contribution in [0.3, 0.4) is 0 Å². The van der Waals surface area contributed by atoms with Gasteiger partial charge < -0.3 is 4.74 Å². The van der Waals surface area contributed by atoms with Gasteiger partial charge in [0, 0.05) is 12.5 Å². The molecule has 1 aromatic carbocycles. The van der Waals surface area contributed by atoms with Gasteiger partial charge in [0.1, 0.15) is 12.4 Å². The lowest BCUT2D eigenvalue weighted by molar-refractivity contribution is 0.169. The van der Waals surface area contributed by atoms with Crippen LogP contribution in [0.5, 0.6) is 5.75 Å². The zero-order valence-corrected chi connectivity index (χ0v) is 11.6. The summed E-state index contributed by atoms with van der Waals surface area (Å²) in [5.41, 5.74) is 1.34. The minimum atomic E-state index is 0.263. The molecule has 3 heteroatoms. The monoisotopic (exact) mass is 258 g/mol. The predicted octanol–water partition coefficient (Wildman–Crippen LogP) is 2.86. The molecule has 0 radical (unpaired) electrons. The fourth-order valence-electron chi connectivity index (χ4n) is 2.40. The number of rotatable bonds is 5. The maximum atomic E-state index is 8.85. The van der Waals surface area contributed by atoms with E-state index in [1.807, 2.05) is 12.1 Å². The summed E-state index contributed by atoms with van der Waals surface area (Å²) in [7, 11) is 0. The summed E-state index contributed by atoms with van der Waals surface area (Å²) < 4.78 is 5.75. The van der Waals surface area contributed by atoms with Gasteiger partial charge in [0.15, 0.2) is 0 Å². The third kappa shape index (κ3) is 4.25. The second-order valence-corrected chi connectivity index (χ2v) is 5.09. The number of aryl methyl sites for hydroxylation is 1. The zero-order valence-electron chi connectivity index (χ0n) is 11.6. The van der Waals surface area contributed by atoms with E-state index in [-0.39, 0.29) is 5.92 Å². The summed E-state index contributed by atoms with van der Waals surface area (Å²) in [6, 6.07) is 10.7. The van der Waals surface area contributed by atoms with Crippen LogP contribution >= 0.6 is 0 Å².